The zero-order valence-electron chi connectivity index (χ0n) is 16.5. The van der Waals surface area contributed by atoms with E-state index in [0.29, 0.717) is 12.1 Å². The zero-order chi connectivity index (χ0) is 20.2. The van der Waals surface area contributed by atoms with Crippen LogP contribution in [0.25, 0.3) is 10.9 Å². The van der Waals surface area contributed by atoms with Gasteiger partial charge in [0, 0.05) is 39.9 Å². The Bertz CT molecular complexity index is 1130. The van der Waals surface area contributed by atoms with Crippen LogP contribution >= 0.6 is 11.8 Å². The molecule has 0 atom stereocenters. The van der Waals surface area contributed by atoms with Crippen LogP contribution in [-0.2, 0) is 12.2 Å². The number of nitrogens with zero attached hydrogens (tertiary/aromatic N) is 1. The number of hydrogen-bond acceptors (Lipinski definition) is 4. The van der Waals surface area contributed by atoms with E-state index in [4.69, 9.17) is 4.52 Å². The molecular formula is C23H23N3O2S. The van der Waals surface area contributed by atoms with Crippen LogP contribution in [0.2, 0.25) is 0 Å². The van der Waals surface area contributed by atoms with Gasteiger partial charge in [0.25, 0.3) is 5.91 Å². The number of hydrogen-bond donors (Lipinski definition) is 2. The van der Waals surface area contributed by atoms with Gasteiger partial charge in [-0.25, -0.2) is 0 Å². The number of aryl methyl sites for hydroxylation is 2. The van der Waals surface area contributed by atoms with Gasteiger partial charge in [0.05, 0.1) is 11.3 Å². The maximum atomic E-state index is 12.8. The van der Waals surface area contributed by atoms with Crippen molar-refractivity contribution < 1.29 is 9.32 Å². The summed E-state index contributed by atoms with van der Waals surface area (Å²) in [5, 5.41) is 8.27. The van der Waals surface area contributed by atoms with Gasteiger partial charge in [0.15, 0.2) is 0 Å². The van der Waals surface area contributed by atoms with E-state index in [2.05, 4.69) is 27.6 Å². The lowest BCUT2D eigenvalue weighted by molar-refractivity contribution is 0.0951. The predicted molar refractivity (Wildman–Crippen MR) is 116 cm³/mol. The lowest BCUT2D eigenvalue weighted by atomic mass is 10.1. The zero-order valence-corrected chi connectivity index (χ0v) is 17.3. The number of H-pyrrole nitrogens is 1. The number of benzene rings is 2. The van der Waals surface area contributed by atoms with Gasteiger partial charge in [0.1, 0.15) is 5.76 Å². The smallest absolute Gasteiger partial charge is 0.252 e. The monoisotopic (exact) mass is 405 g/mol. The summed E-state index contributed by atoms with van der Waals surface area (Å²) < 4.78 is 5.24. The summed E-state index contributed by atoms with van der Waals surface area (Å²) in [6.45, 7) is 4.44. The third-order valence-corrected chi connectivity index (χ3v) is 6.14. The van der Waals surface area contributed by atoms with Gasteiger partial charge in [-0.15, -0.1) is 11.8 Å². The minimum Gasteiger partial charge on any atom is -0.361 e. The van der Waals surface area contributed by atoms with Gasteiger partial charge in [-0.3, -0.25) is 4.79 Å². The van der Waals surface area contributed by atoms with Gasteiger partial charge in [-0.2, -0.15) is 0 Å². The Hall–Kier alpha value is -2.99. The van der Waals surface area contributed by atoms with E-state index in [1.54, 1.807) is 11.8 Å². The molecule has 2 aromatic carbocycles. The number of carbonyl (C=O) groups excluding carboxylic acids is 1. The molecule has 4 aromatic rings. The highest BCUT2D eigenvalue weighted by Crippen LogP contribution is 2.28. The molecule has 4 rings (SSSR count). The maximum absolute atomic E-state index is 12.8. The molecule has 0 radical (unpaired) electrons. The molecule has 0 fully saturated rings. The molecule has 2 aromatic heterocycles. The molecule has 2 N–H and O–H groups in total. The second kappa shape index (κ2) is 8.57. The molecule has 0 unspecified atom stereocenters. The normalized spacial score (nSPS) is 11.1. The molecule has 0 saturated carbocycles. The van der Waals surface area contributed by atoms with Crippen molar-refractivity contribution in [1.82, 2.24) is 15.5 Å². The molecule has 2 heterocycles. The number of thioether (sulfide) groups is 1. The average Bonchev–Trinajstić information content (AvgIpc) is 3.30. The van der Waals surface area contributed by atoms with Crippen LogP contribution in [0.15, 0.2) is 64.1 Å². The summed E-state index contributed by atoms with van der Waals surface area (Å²) in [6, 6.07) is 15.9. The molecule has 148 valence electrons. The molecule has 0 aliphatic carbocycles. The van der Waals surface area contributed by atoms with Crippen LogP contribution < -0.4 is 5.32 Å². The molecule has 6 heteroatoms. The van der Waals surface area contributed by atoms with E-state index in [9.17, 15) is 4.79 Å². The number of carbonyl (C=O) groups is 1. The third-order valence-electron chi connectivity index (χ3n) is 5.04. The molecule has 0 aliphatic heterocycles. The molecule has 1 amide bonds. The van der Waals surface area contributed by atoms with Crippen molar-refractivity contribution in [3.05, 3.63) is 82.9 Å². The topological polar surface area (TPSA) is 70.9 Å². The van der Waals surface area contributed by atoms with Crippen molar-refractivity contribution in [2.75, 3.05) is 6.54 Å². The van der Waals surface area contributed by atoms with E-state index in [1.165, 1.54) is 10.9 Å². The molecule has 0 saturated heterocycles. The standard InChI is InChI=1S/C23H23N3O2S/c1-15-20(16(2)28-26-15)14-29-22-10-6-4-8-19(22)23(27)24-12-11-17-13-25-21-9-5-3-7-18(17)21/h3-10,13,25H,11-12,14H2,1-2H3,(H,24,27). The Balaban J connectivity index is 1.40. The Morgan fingerprint density at radius 2 is 1.93 bits per heavy atom. The van der Waals surface area contributed by atoms with Crippen molar-refractivity contribution in [3.8, 4) is 0 Å². The maximum Gasteiger partial charge on any atom is 0.252 e. The second-order valence-electron chi connectivity index (χ2n) is 6.95. The van der Waals surface area contributed by atoms with Crippen molar-refractivity contribution in [1.29, 1.82) is 0 Å². The number of rotatable bonds is 7. The SMILES string of the molecule is Cc1noc(C)c1CSc1ccccc1C(=O)NCCc1c[nH]c2ccccc12. The molecule has 0 bridgehead atoms. The summed E-state index contributed by atoms with van der Waals surface area (Å²) in [4.78, 5) is 17.0. The van der Waals surface area contributed by atoms with E-state index in [1.807, 2.05) is 56.4 Å². The molecule has 5 nitrogen and oxygen atoms in total. The highest BCUT2D eigenvalue weighted by atomic mass is 32.2. The fourth-order valence-electron chi connectivity index (χ4n) is 3.38. The fourth-order valence-corrected chi connectivity index (χ4v) is 4.59. The van der Waals surface area contributed by atoms with Crippen molar-refractivity contribution >= 4 is 28.6 Å². The summed E-state index contributed by atoms with van der Waals surface area (Å²) in [7, 11) is 0. The highest BCUT2D eigenvalue weighted by molar-refractivity contribution is 7.98. The van der Waals surface area contributed by atoms with E-state index < -0.39 is 0 Å². The van der Waals surface area contributed by atoms with Gasteiger partial charge >= 0.3 is 0 Å². The number of amides is 1. The van der Waals surface area contributed by atoms with Crippen LogP contribution in [0.1, 0.15) is 32.9 Å². The van der Waals surface area contributed by atoms with Crippen LogP contribution in [0.3, 0.4) is 0 Å². The van der Waals surface area contributed by atoms with Crippen LogP contribution in [-0.4, -0.2) is 22.6 Å². The van der Waals surface area contributed by atoms with Crippen LogP contribution in [0.5, 0.6) is 0 Å². The number of aromatic amines is 1. The van der Waals surface area contributed by atoms with Gasteiger partial charge < -0.3 is 14.8 Å². The number of fused-ring (bicyclic) bond motifs is 1. The van der Waals surface area contributed by atoms with Gasteiger partial charge in [-0.05, 0) is 44.0 Å². The predicted octanol–water partition coefficient (Wildman–Crippen LogP) is 5.04. The van der Waals surface area contributed by atoms with Crippen LogP contribution in [0.4, 0.5) is 0 Å². The van der Waals surface area contributed by atoms with Gasteiger partial charge in [-0.1, -0.05) is 35.5 Å². The number of para-hydroxylation sites is 1. The Morgan fingerprint density at radius 1 is 1.14 bits per heavy atom. The highest BCUT2D eigenvalue weighted by Gasteiger charge is 2.14. The van der Waals surface area contributed by atoms with Crippen LogP contribution in [0, 0.1) is 13.8 Å². The average molecular weight is 406 g/mol. The van der Waals surface area contributed by atoms with Crippen molar-refractivity contribution in [2.45, 2.75) is 30.9 Å². The Kier molecular flexibility index (Phi) is 5.71. The number of aromatic nitrogens is 2. The fraction of sp³-hybridized carbons (Fsp3) is 0.217. The summed E-state index contributed by atoms with van der Waals surface area (Å²) in [5.74, 6) is 1.50. The summed E-state index contributed by atoms with van der Waals surface area (Å²) in [5.41, 5.74) is 5.01. The van der Waals surface area contributed by atoms with Crippen molar-refractivity contribution in [3.63, 3.8) is 0 Å². The van der Waals surface area contributed by atoms with Crippen molar-refractivity contribution in [2.24, 2.45) is 0 Å². The minimum atomic E-state index is -0.0493. The molecule has 0 aliphatic rings. The van der Waals surface area contributed by atoms with E-state index >= 15 is 0 Å². The molecule has 29 heavy (non-hydrogen) atoms. The largest absolute Gasteiger partial charge is 0.361 e. The molecular weight excluding hydrogens is 382 g/mol. The lowest BCUT2D eigenvalue weighted by Crippen LogP contribution is -2.26. The first-order valence-corrected chi connectivity index (χ1v) is 10.6. The lowest BCUT2D eigenvalue weighted by Gasteiger charge is -2.10. The summed E-state index contributed by atoms with van der Waals surface area (Å²) >= 11 is 1.63. The first-order chi connectivity index (χ1) is 14.1. The minimum absolute atomic E-state index is 0.0493. The second-order valence-corrected chi connectivity index (χ2v) is 7.97. The first kappa shape index (κ1) is 19.3. The first-order valence-electron chi connectivity index (χ1n) is 9.60. The Labute approximate surface area is 173 Å². The number of nitrogens with one attached hydrogen (secondary N) is 2. The van der Waals surface area contributed by atoms with Gasteiger partial charge in [0.2, 0.25) is 0 Å². The Morgan fingerprint density at radius 3 is 2.76 bits per heavy atom. The quantitative estimate of drug-likeness (QED) is 0.423. The molecule has 0 spiro atoms. The summed E-state index contributed by atoms with van der Waals surface area (Å²) in [6.07, 6.45) is 2.80. The third kappa shape index (κ3) is 4.22. The van der Waals surface area contributed by atoms with E-state index in [-0.39, 0.29) is 5.91 Å². The van der Waals surface area contributed by atoms with E-state index in [0.717, 1.165) is 39.6 Å².